The van der Waals surface area contributed by atoms with Crippen LogP contribution in [0.4, 0.5) is 5.82 Å². The minimum Gasteiger partial charge on any atom is -0.497 e. The van der Waals surface area contributed by atoms with Crippen molar-refractivity contribution < 1.29 is 4.74 Å². The van der Waals surface area contributed by atoms with Gasteiger partial charge in [0.25, 0.3) is 0 Å². The number of rotatable bonds is 3. The summed E-state index contributed by atoms with van der Waals surface area (Å²) in [5.41, 5.74) is 0. The van der Waals surface area contributed by atoms with Crippen LogP contribution in [0, 0.1) is 0 Å². The van der Waals surface area contributed by atoms with Crippen molar-refractivity contribution >= 4 is 16.6 Å². The maximum Gasteiger partial charge on any atom is 0.134 e. The van der Waals surface area contributed by atoms with E-state index in [0.29, 0.717) is 6.04 Å². The topological polar surface area (TPSA) is 34.1 Å². The summed E-state index contributed by atoms with van der Waals surface area (Å²) in [6, 6.07) is 8.74. The fraction of sp³-hybridized carbons (Fsp3) is 0.400. The maximum atomic E-state index is 5.25. The van der Waals surface area contributed by atoms with Crippen molar-refractivity contribution in [2.75, 3.05) is 12.4 Å². The van der Waals surface area contributed by atoms with Gasteiger partial charge in [0.05, 0.1) is 7.11 Å². The van der Waals surface area contributed by atoms with E-state index in [1.165, 1.54) is 36.5 Å². The molecule has 0 unspecified atom stereocenters. The zero-order valence-corrected chi connectivity index (χ0v) is 10.6. The molecule has 0 spiro atoms. The first-order valence-corrected chi connectivity index (χ1v) is 6.56. The van der Waals surface area contributed by atoms with Crippen molar-refractivity contribution in [2.24, 2.45) is 0 Å². The zero-order valence-electron chi connectivity index (χ0n) is 10.6. The molecule has 3 heteroatoms. The molecule has 0 radical (unpaired) electrons. The Bertz CT molecular complexity index is 547. The van der Waals surface area contributed by atoms with Crippen LogP contribution in [0.2, 0.25) is 0 Å². The molecule has 0 saturated heterocycles. The third-order valence-corrected chi connectivity index (χ3v) is 3.67. The number of ether oxygens (including phenoxy) is 1. The lowest BCUT2D eigenvalue weighted by atomic mass is 10.1. The molecule has 1 aromatic heterocycles. The number of anilines is 1. The molecule has 1 aromatic carbocycles. The van der Waals surface area contributed by atoms with Crippen LogP contribution in [0.25, 0.3) is 10.8 Å². The van der Waals surface area contributed by atoms with Gasteiger partial charge in [-0.1, -0.05) is 12.8 Å². The molecule has 0 bridgehead atoms. The van der Waals surface area contributed by atoms with Crippen molar-refractivity contribution in [3.05, 3.63) is 30.5 Å². The Hall–Kier alpha value is -1.77. The molecule has 0 amide bonds. The second-order valence-electron chi connectivity index (χ2n) is 4.87. The molecular weight excluding hydrogens is 224 g/mol. The van der Waals surface area contributed by atoms with Crippen LogP contribution in [0.5, 0.6) is 5.75 Å². The summed E-state index contributed by atoms with van der Waals surface area (Å²) in [7, 11) is 1.69. The van der Waals surface area contributed by atoms with E-state index in [2.05, 4.69) is 22.4 Å². The van der Waals surface area contributed by atoms with Crippen LogP contribution in [-0.2, 0) is 0 Å². The van der Waals surface area contributed by atoms with Crippen molar-refractivity contribution in [1.29, 1.82) is 0 Å². The van der Waals surface area contributed by atoms with E-state index in [0.717, 1.165) is 11.6 Å². The van der Waals surface area contributed by atoms with Gasteiger partial charge in [-0.3, -0.25) is 0 Å². The average Bonchev–Trinajstić information content (AvgIpc) is 2.91. The molecule has 1 aliphatic rings. The first kappa shape index (κ1) is 11.3. The number of hydrogen-bond acceptors (Lipinski definition) is 3. The second kappa shape index (κ2) is 4.84. The lowest BCUT2D eigenvalue weighted by Gasteiger charge is -2.14. The number of benzene rings is 1. The van der Waals surface area contributed by atoms with Gasteiger partial charge in [-0.25, -0.2) is 4.98 Å². The number of hydrogen-bond donors (Lipinski definition) is 1. The molecule has 0 aliphatic heterocycles. The minimum absolute atomic E-state index is 0.588. The number of aromatic nitrogens is 1. The molecule has 1 aliphatic carbocycles. The Labute approximate surface area is 107 Å². The molecule has 2 aromatic rings. The number of fused-ring (bicyclic) bond motifs is 1. The lowest BCUT2D eigenvalue weighted by Crippen LogP contribution is -2.15. The molecule has 1 saturated carbocycles. The molecule has 1 N–H and O–H groups in total. The molecule has 94 valence electrons. The summed E-state index contributed by atoms with van der Waals surface area (Å²) in [6.45, 7) is 0. The van der Waals surface area contributed by atoms with Gasteiger partial charge < -0.3 is 10.1 Å². The van der Waals surface area contributed by atoms with Crippen LogP contribution in [-0.4, -0.2) is 18.1 Å². The van der Waals surface area contributed by atoms with Crippen LogP contribution in [0.15, 0.2) is 30.5 Å². The number of pyridine rings is 1. The Morgan fingerprint density at radius 3 is 2.83 bits per heavy atom. The smallest absolute Gasteiger partial charge is 0.134 e. The molecular formula is C15H18N2O. The van der Waals surface area contributed by atoms with Gasteiger partial charge in [0.2, 0.25) is 0 Å². The number of methoxy groups -OCH3 is 1. The molecule has 1 heterocycles. The average molecular weight is 242 g/mol. The summed E-state index contributed by atoms with van der Waals surface area (Å²) in [6.07, 6.45) is 7.04. The fourth-order valence-corrected chi connectivity index (χ4v) is 2.66. The summed E-state index contributed by atoms with van der Waals surface area (Å²) >= 11 is 0. The maximum absolute atomic E-state index is 5.25. The first-order valence-electron chi connectivity index (χ1n) is 6.56. The van der Waals surface area contributed by atoms with Crippen molar-refractivity contribution in [2.45, 2.75) is 31.7 Å². The van der Waals surface area contributed by atoms with Gasteiger partial charge in [0.15, 0.2) is 0 Å². The van der Waals surface area contributed by atoms with Crippen molar-refractivity contribution in [3.8, 4) is 5.75 Å². The van der Waals surface area contributed by atoms with E-state index in [1.54, 1.807) is 7.11 Å². The van der Waals surface area contributed by atoms with Gasteiger partial charge >= 0.3 is 0 Å². The predicted octanol–water partition coefficient (Wildman–Crippen LogP) is 3.60. The highest BCUT2D eigenvalue weighted by atomic mass is 16.5. The highest BCUT2D eigenvalue weighted by molar-refractivity contribution is 5.92. The van der Waals surface area contributed by atoms with Gasteiger partial charge in [0, 0.05) is 17.6 Å². The Kier molecular flexibility index (Phi) is 3.05. The summed E-state index contributed by atoms with van der Waals surface area (Å²) in [5.74, 6) is 1.89. The van der Waals surface area contributed by atoms with Gasteiger partial charge in [-0.2, -0.15) is 0 Å². The number of nitrogens with zero attached hydrogens (tertiary/aromatic N) is 1. The molecule has 3 nitrogen and oxygen atoms in total. The van der Waals surface area contributed by atoms with E-state index in [-0.39, 0.29) is 0 Å². The minimum atomic E-state index is 0.588. The highest BCUT2D eigenvalue weighted by Crippen LogP contribution is 2.28. The molecule has 1 fully saturated rings. The lowest BCUT2D eigenvalue weighted by molar-refractivity contribution is 0.415. The monoisotopic (exact) mass is 242 g/mol. The summed E-state index contributed by atoms with van der Waals surface area (Å²) in [4.78, 5) is 4.47. The van der Waals surface area contributed by atoms with Crippen LogP contribution < -0.4 is 10.1 Å². The Balaban J connectivity index is 1.95. The van der Waals surface area contributed by atoms with Crippen LogP contribution in [0.3, 0.4) is 0 Å². The van der Waals surface area contributed by atoms with E-state index >= 15 is 0 Å². The quantitative estimate of drug-likeness (QED) is 0.893. The van der Waals surface area contributed by atoms with E-state index in [4.69, 9.17) is 4.74 Å². The second-order valence-corrected chi connectivity index (χ2v) is 4.87. The van der Waals surface area contributed by atoms with E-state index in [1.807, 2.05) is 18.3 Å². The standard InChI is InChI=1S/C15H18N2O/c1-18-13-6-7-14-11(10-13)8-9-16-15(14)17-12-4-2-3-5-12/h6-10,12H,2-5H2,1H3,(H,16,17). The van der Waals surface area contributed by atoms with Crippen molar-refractivity contribution in [1.82, 2.24) is 4.98 Å². The van der Waals surface area contributed by atoms with Crippen LogP contribution in [0.1, 0.15) is 25.7 Å². The number of nitrogens with one attached hydrogen (secondary N) is 1. The fourth-order valence-electron chi connectivity index (χ4n) is 2.66. The molecule has 3 rings (SSSR count). The summed E-state index contributed by atoms with van der Waals surface area (Å²) < 4.78 is 5.25. The highest BCUT2D eigenvalue weighted by Gasteiger charge is 2.16. The third kappa shape index (κ3) is 2.13. The Morgan fingerprint density at radius 2 is 2.06 bits per heavy atom. The third-order valence-electron chi connectivity index (χ3n) is 3.67. The molecule has 0 atom stereocenters. The van der Waals surface area contributed by atoms with Gasteiger partial charge in [-0.15, -0.1) is 0 Å². The SMILES string of the molecule is COc1ccc2c(NC3CCCC3)nccc2c1. The Morgan fingerprint density at radius 1 is 1.22 bits per heavy atom. The zero-order chi connectivity index (χ0) is 12.4. The van der Waals surface area contributed by atoms with Crippen LogP contribution >= 0.6 is 0 Å². The van der Waals surface area contributed by atoms with Crippen molar-refractivity contribution in [3.63, 3.8) is 0 Å². The molecule has 18 heavy (non-hydrogen) atoms. The largest absolute Gasteiger partial charge is 0.497 e. The predicted molar refractivity (Wildman–Crippen MR) is 74.2 cm³/mol. The first-order chi connectivity index (χ1) is 8.86. The normalized spacial score (nSPS) is 16.1. The summed E-state index contributed by atoms with van der Waals surface area (Å²) in [5, 5.41) is 5.91. The van der Waals surface area contributed by atoms with Gasteiger partial charge in [-0.05, 0) is 42.5 Å². The van der Waals surface area contributed by atoms with E-state index in [9.17, 15) is 0 Å². The van der Waals surface area contributed by atoms with Gasteiger partial charge in [0.1, 0.15) is 11.6 Å². The van der Waals surface area contributed by atoms with E-state index < -0.39 is 0 Å².